The number of ether oxygens (including phenoxy) is 2. The lowest BCUT2D eigenvalue weighted by molar-refractivity contribution is 0.0988. The van der Waals surface area contributed by atoms with E-state index in [4.69, 9.17) is 9.47 Å². The van der Waals surface area contributed by atoms with Crippen molar-refractivity contribution in [2.75, 3.05) is 25.6 Å². The number of aromatic nitrogens is 4. The van der Waals surface area contributed by atoms with Gasteiger partial charge in [-0.1, -0.05) is 24.3 Å². The fourth-order valence-electron chi connectivity index (χ4n) is 4.19. The van der Waals surface area contributed by atoms with Crippen LogP contribution < -0.4 is 20.1 Å². The van der Waals surface area contributed by atoms with Gasteiger partial charge in [0, 0.05) is 23.5 Å². The van der Waals surface area contributed by atoms with E-state index in [1.54, 1.807) is 19.5 Å². The minimum atomic E-state index is 0.0125. The monoisotopic (exact) mass is 484 g/mol. The molecule has 9 nitrogen and oxygen atoms in total. The second kappa shape index (κ2) is 10.6. The molecule has 0 aliphatic carbocycles. The van der Waals surface area contributed by atoms with Crippen LogP contribution in [-0.2, 0) is 13.1 Å². The smallest absolute Gasteiger partial charge is 0.176 e. The fourth-order valence-corrected chi connectivity index (χ4v) is 4.19. The molecule has 0 amide bonds. The number of benzene rings is 2. The highest BCUT2D eigenvalue weighted by molar-refractivity contribution is 5.98. The van der Waals surface area contributed by atoms with Crippen LogP contribution in [0.25, 0.3) is 11.4 Å². The van der Waals surface area contributed by atoms with Crippen molar-refractivity contribution in [1.82, 2.24) is 25.1 Å². The number of nitrogens with one attached hydrogen (secondary N) is 2. The molecule has 0 radical (unpaired) electrons. The quantitative estimate of drug-likeness (QED) is 0.345. The molecule has 1 aliphatic heterocycles. The van der Waals surface area contributed by atoms with Gasteiger partial charge >= 0.3 is 0 Å². The summed E-state index contributed by atoms with van der Waals surface area (Å²) in [4.78, 5) is 17.0. The molecule has 4 aromatic rings. The van der Waals surface area contributed by atoms with Crippen LogP contribution in [-0.4, -0.2) is 45.8 Å². The number of hydrogen-bond acceptors (Lipinski definition) is 8. The number of Topliss-reactive ketones (excluding diaryl/α,β-unsaturated/α-hetero) is 1. The lowest BCUT2D eigenvalue weighted by atomic mass is 10.1. The molecule has 1 aliphatic rings. The first-order valence-corrected chi connectivity index (χ1v) is 11.9. The number of pyridine rings is 1. The first-order chi connectivity index (χ1) is 17.6. The van der Waals surface area contributed by atoms with Gasteiger partial charge in [0.15, 0.2) is 17.4 Å². The second-order valence-electron chi connectivity index (χ2n) is 8.55. The van der Waals surface area contributed by atoms with Crippen LogP contribution in [0.1, 0.15) is 34.7 Å². The maximum absolute atomic E-state index is 12.9. The van der Waals surface area contributed by atoms with Gasteiger partial charge in [-0.15, -0.1) is 10.2 Å². The topological polar surface area (TPSA) is 103 Å². The molecule has 0 saturated carbocycles. The maximum atomic E-state index is 12.9. The Morgan fingerprint density at radius 2 is 2.06 bits per heavy atom. The van der Waals surface area contributed by atoms with Crippen molar-refractivity contribution in [2.24, 2.45) is 0 Å². The third-order valence-electron chi connectivity index (χ3n) is 6.22. The minimum Gasteiger partial charge on any atom is -0.497 e. The van der Waals surface area contributed by atoms with Crippen molar-refractivity contribution < 1.29 is 14.3 Å². The number of anilines is 1. The molecule has 2 aromatic heterocycles. The number of carbonyl (C=O) groups excluding carboxylic acids is 1. The van der Waals surface area contributed by atoms with E-state index >= 15 is 0 Å². The Labute approximate surface area is 209 Å². The van der Waals surface area contributed by atoms with Crippen LogP contribution in [0, 0.1) is 0 Å². The minimum absolute atomic E-state index is 0.0125. The fraction of sp³-hybridized carbons (Fsp3) is 0.259. The molecule has 5 rings (SSSR count). The van der Waals surface area contributed by atoms with E-state index in [9.17, 15) is 4.79 Å². The summed E-state index contributed by atoms with van der Waals surface area (Å²) < 4.78 is 13.2. The van der Waals surface area contributed by atoms with Crippen LogP contribution in [0.3, 0.4) is 0 Å². The Kier molecular flexibility index (Phi) is 6.90. The Hall–Kier alpha value is -4.24. The van der Waals surface area contributed by atoms with Crippen LogP contribution in [0.4, 0.5) is 5.69 Å². The van der Waals surface area contributed by atoms with E-state index in [1.165, 1.54) is 0 Å². The maximum Gasteiger partial charge on any atom is 0.176 e. The number of nitrogens with zero attached hydrogens (tertiary/aromatic N) is 4. The molecule has 9 heteroatoms. The summed E-state index contributed by atoms with van der Waals surface area (Å²) >= 11 is 0. The van der Waals surface area contributed by atoms with Crippen LogP contribution >= 0.6 is 0 Å². The lowest BCUT2D eigenvalue weighted by Crippen LogP contribution is -2.26. The zero-order chi connectivity index (χ0) is 24.9. The average molecular weight is 485 g/mol. The number of hydrogen-bond donors (Lipinski definition) is 2. The summed E-state index contributed by atoms with van der Waals surface area (Å²) in [5.74, 6) is 3.09. The molecular weight excluding hydrogens is 456 g/mol. The first kappa shape index (κ1) is 23.5. The van der Waals surface area contributed by atoms with Gasteiger partial charge in [-0.25, -0.2) is 0 Å². The molecule has 36 heavy (non-hydrogen) atoms. The zero-order valence-corrected chi connectivity index (χ0v) is 20.3. The molecule has 0 unspecified atom stereocenters. The van der Waals surface area contributed by atoms with Crippen molar-refractivity contribution in [1.29, 1.82) is 0 Å². The van der Waals surface area contributed by atoms with Crippen molar-refractivity contribution in [3.8, 4) is 22.9 Å². The van der Waals surface area contributed by atoms with Crippen molar-refractivity contribution in [3.05, 3.63) is 83.9 Å². The number of methoxy groups -OCH3 is 1. The van der Waals surface area contributed by atoms with Crippen molar-refractivity contribution in [3.63, 3.8) is 0 Å². The zero-order valence-electron chi connectivity index (χ0n) is 20.3. The van der Waals surface area contributed by atoms with Gasteiger partial charge < -0.3 is 24.7 Å². The van der Waals surface area contributed by atoms with Gasteiger partial charge in [-0.3, -0.25) is 9.78 Å². The van der Waals surface area contributed by atoms with Gasteiger partial charge in [-0.05, 0) is 42.8 Å². The highest BCUT2D eigenvalue weighted by Crippen LogP contribution is 2.30. The molecule has 0 saturated heterocycles. The molecule has 3 heterocycles. The molecule has 184 valence electrons. The van der Waals surface area contributed by atoms with Crippen LogP contribution in [0.2, 0.25) is 0 Å². The van der Waals surface area contributed by atoms with E-state index in [0.29, 0.717) is 31.0 Å². The van der Waals surface area contributed by atoms with E-state index in [2.05, 4.69) is 30.4 Å². The van der Waals surface area contributed by atoms with Crippen molar-refractivity contribution in [2.45, 2.75) is 26.1 Å². The Morgan fingerprint density at radius 3 is 2.94 bits per heavy atom. The highest BCUT2D eigenvalue weighted by Gasteiger charge is 2.20. The second-order valence-corrected chi connectivity index (χ2v) is 8.55. The van der Waals surface area contributed by atoms with Gasteiger partial charge in [0.1, 0.15) is 18.1 Å². The van der Waals surface area contributed by atoms with E-state index in [1.807, 2.05) is 61.5 Å². The normalized spacial score (nSPS) is 13.1. The van der Waals surface area contributed by atoms with E-state index < -0.39 is 0 Å². The lowest BCUT2D eigenvalue weighted by Gasteiger charge is -2.15. The first-order valence-electron chi connectivity index (χ1n) is 11.9. The molecule has 1 atom stereocenters. The molecular formula is C27H28N6O3. The highest BCUT2D eigenvalue weighted by atomic mass is 16.5. The van der Waals surface area contributed by atoms with Gasteiger partial charge in [0.05, 0.1) is 38.5 Å². The molecule has 0 bridgehead atoms. The molecule has 0 fully saturated rings. The molecule has 2 aromatic carbocycles. The predicted molar refractivity (Wildman–Crippen MR) is 136 cm³/mol. The summed E-state index contributed by atoms with van der Waals surface area (Å²) in [5, 5.41) is 15.5. The van der Waals surface area contributed by atoms with E-state index in [-0.39, 0.29) is 18.4 Å². The van der Waals surface area contributed by atoms with Gasteiger partial charge in [0.25, 0.3) is 0 Å². The average Bonchev–Trinajstić information content (AvgIpc) is 3.23. The van der Waals surface area contributed by atoms with Crippen molar-refractivity contribution >= 4 is 11.5 Å². The summed E-state index contributed by atoms with van der Waals surface area (Å²) in [7, 11) is 1.64. The van der Waals surface area contributed by atoms with E-state index in [0.717, 1.165) is 34.2 Å². The van der Waals surface area contributed by atoms with Crippen LogP contribution in [0.15, 0.2) is 67.0 Å². The summed E-state index contributed by atoms with van der Waals surface area (Å²) in [6, 6.07) is 17.2. The third-order valence-corrected chi connectivity index (χ3v) is 6.22. The van der Waals surface area contributed by atoms with Gasteiger partial charge in [0.2, 0.25) is 0 Å². The number of rotatable bonds is 9. The SMILES string of the molecule is COc1cccc([C@H](C)NCC(=O)c2cccc(NCc3nnc4n3CCOc3cnccc3-4)c2)c1. The third kappa shape index (κ3) is 5.06. The Morgan fingerprint density at radius 1 is 1.17 bits per heavy atom. The number of carbonyl (C=O) groups is 1. The standard InChI is InChI=1S/C27H28N6O3/c1-18(19-5-4-8-22(14-19)35-2)29-15-24(34)20-6-3-7-21(13-20)30-17-26-31-32-27-23-9-10-28-16-25(23)36-12-11-33(26)27/h3-10,13-14,16,18,29-30H,11-12,15,17H2,1-2H3/t18-/m0/s1. The molecule has 2 N–H and O–H groups in total. The van der Waals surface area contributed by atoms with Gasteiger partial charge in [-0.2, -0.15) is 0 Å². The Balaban J connectivity index is 1.22. The van der Waals surface area contributed by atoms with Crippen LogP contribution in [0.5, 0.6) is 11.5 Å². The number of ketones is 1. The largest absolute Gasteiger partial charge is 0.497 e. The summed E-state index contributed by atoms with van der Waals surface area (Å²) in [6.07, 6.45) is 3.42. The molecule has 0 spiro atoms. The summed E-state index contributed by atoms with van der Waals surface area (Å²) in [5.41, 5.74) is 3.42. The number of fused-ring (bicyclic) bond motifs is 3. The summed E-state index contributed by atoms with van der Waals surface area (Å²) in [6.45, 7) is 3.89. The predicted octanol–water partition coefficient (Wildman–Crippen LogP) is 3.89. The Bertz CT molecular complexity index is 1370.